The number of nitrogens with one attached hydrogen (secondary N) is 2. The molecule has 0 bridgehead atoms. The highest BCUT2D eigenvalue weighted by atomic mass is 16.5. The molecule has 1 aromatic heterocycles. The van der Waals surface area contributed by atoms with Gasteiger partial charge >= 0.3 is 0 Å². The SMILES string of the molecule is COc1ccccc1NC(=O)C1=C(C)Nc2nnnn2[C@H]1c1cccc(OC)c1OC. The van der Waals surface area contributed by atoms with Crippen LogP contribution in [-0.2, 0) is 4.79 Å². The molecule has 1 aliphatic heterocycles. The van der Waals surface area contributed by atoms with Gasteiger partial charge in [0.1, 0.15) is 11.8 Å². The number of allylic oxidation sites excluding steroid dienone is 1. The van der Waals surface area contributed by atoms with E-state index in [1.165, 1.54) is 0 Å². The molecule has 3 aromatic rings. The van der Waals surface area contributed by atoms with Crippen LogP contribution in [0.15, 0.2) is 53.7 Å². The van der Waals surface area contributed by atoms with Gasteiger partial charge in [0.2, 0.25) is 5.95 Å². The molecule has 1 aliphatic rings. The van der Waals surface area contributed by atoms with Crippen LogP contribution in [0.3, 0.4) is 0 Å². The van der Waals surface area contributed by atoms with Crippen molar-refractivity contribution >= 4 is 17.5 Å². The van der Waals surface area contributed by atoms with Crippen molar-refractivity contribution in [2.24, 2.45) is 0 Å². The van der Waals surface area contributed by atoms with Gasteiger partial charge in [0, 0.05) is 11.3 Å². The second-order valence-electron chi connectivity index (χ2n) is 6.75. The van der Waals surface area contributed by atoms with E-state index >= 15 is 0 Å². The molecule has 0 radical (unpaired) electrons. The first kappa shape index (κ1) is 20.2. The second kappa shape index (κ2) is 8.34. The molecule has 2 heterocycles. The molecule has 0 fully saturated rings. The van der Waals surface area contributed by atoms with Gasteiger partial charge in [0.05, 0.1) is 32.6 Å². The topological polar surface area (TPSA) is 112 Å². The monoisotopic (exact) mass is 422 g/mol. The van der Waals surface area contributed by atoms with Gasteiger partial charge in [-0.1, -0.05) is 29.4 Å². The number of methoxy groups -OCH3 is 3. The minimum absolute atomic E-state index is 0.328. The van der Waals surface area contributed by atoms with Crippen LogP contribution < -0.4 is 24.8 Å². The molecule has 1 amide bonds. The van der Waals surface area contributed by atoms with Crippen molar-refractivity contribution < 1.29 is 19.0 Å². The highest BCUT2D eigenvalue weighted by molar-refractivity contribution is 6.06. The van der Waals surface area contributed by atoms with Crippen LogP contribution in [0, 0.1) is 0 Å². The Labute approximate surface area is 178 Å². The Kier molecular flexibility index (Phi) is 5.44. The molecule has 2 aromatic carbocycles. The van der Waals surface area contributed by atoms with Gasteiger partial charge in [0.15, 0.2) is 11.5 Å². The quantitative estimate of drug-likeness (QED) is 0.623. The molecular formula is C21H22N6O4. The van der Waals surface area contributed by atoms with Crippen molar-refractivity contribution in [3.8, 4) is 17.2 Å². The molecule has 10 nitrogen and oxygen atoms in total. The van der Waals surface area contributed by atoms with E-state index in [9.17, 15) is 4.79 Å². The summed E-state index contributed by atoms with van der Waals surface area (Å²) in [5, 5.41) is 17.9. The van der Waals surface area contributed by atoms with Crippen molar-refractivity contribution in [1.82, 2.24) is 20.2 Å². The van der Waals surface area contributed by atoms with Gasteiger partial charge < -0.3 is 24.8 Å². The minimum atomic E-state index is -0.647. The van der Waals surface area contributed by atoms with Gasteiger partial charge in [0.25, 0.3) is 5.91 Å². The molecule has 4 rings (SSSR count). The van der Waals surface area contributed by atoms with Gasteiger partial charge in [-0.3, -0.25) is 4.79 Å². The predicted molar refractivity (Wildman–Crippen MR) is 113 cm³/mol. The fraction of sp³-hybridized carbons (Fsp3) is 0.238. The van der Waals surface area contributed by atoms with E-state index in [-0.39, 0.29) is 5.91 Å². The number of aromatic nitrogens is 4. The van der Waals surface area contributed by atoms with E-state index < -0.39 is 6.04 Å². The Morgan fingerprint density at radius 3 is 2.52 bits per heavy atom. The zero-order valence-electron chi connectivity index (χ0n) is 17.5. The summed E-state index contributed by atoms with van der Waals surface area (Å²) < 4.78 is 18.0. The van der Waals surface area contributed by atoms with Crippen LogP contribution in [0.2, 0.25) is 0 Å². The first-order chi connectivity index (χ1) is 15.1. The lowest BCUT2D eigenvalue weighted by Crippen LogP contribution is -2.32. The van der Waals surface area contributed by atoms with E-state index in [1.54, 1.807) is 51.1 Å². The zero-order valence-corrected chi connectivity index (χ0v) is 17.5. The number of anilines is 2. The summed E-state index contributed by atoms with van der Waals surface area (Å²) in [4.78, 5) is 13.5. The van der Waals surface area contributed by atoms with Gasteiger partial charge in [-0.15, -0.1) is 0 Å². The Bertz CT molecular complexity index is 1160. The first-order valence-electron chi connectivity index (χ1n) is 9.50. The van der Waals surface area contributed by atoms with Crippen molar-refractivity contribution in [2.45, 2.75) is 13.0 Å². The summed E-state index contributed by atoms with van der Waals surface area (Å²) in [5.74, 6) is 1.67. The molecule has 10 heteroatoms. The third-order valence-corrected chi connectivity index (χ3v) is 5.04. The maximum Gasteiger partial charge on any atom is 0.255 e. The number of para-hydroxylation sites is 3. The molecule has 0 aliphatic carbocycles. The molecule has 0 saturated heterocycles. The van der Waals surface area contributed by atoms with Crippen molar-refractivity contribution in [3.05, 3.63) is 59.3 Å². The fourth-order valence-electron chi connectivity index (χ4n) is 3.66. The number of carbonyl (C=O) groups is 1. The lowest BCUT2D eigenvalue weighted by atomic mass is 9.94. The molecule has 2 N–H and O–H groups in total. The number of hydrogen-bond acceptors (Lipinski definition) is 8. The van der Waals surface area contributed by atoms with Crippen LogP contribution in [0.1, 0.15) is 18.5 Å². The number of benzene rings is 2. The minimum Gasteiger partial charge on any atom is -0.495 e. The van der Waals surface area contributed by atoms with E-state index in [0.717, 1.165) is 0 Å². The molecule has 0 unspecified atom stereocenters. The average molecular weight is 422 g/mol. The number of amides is 1. The number of carbonyl (C=O) groups excluding carboxylic acids is 1. The Balaban J connectivity index is 1.83. The molecule has 160 valence electrons. The van der Waals surface area contributed by atoms with Crippen LogP contribution in [0.4, 0.5) is 11.6 Å². The third-order valence-electron chi connectivity index (χ3n) is 5.04. The highest BCUT2D eigenvalue weighted by Gasteiger charge is 2.36. The lowest BCUT2D eigenvalue weighted by Gasteiger charge is -2.29. The molecule has 1 atom stereocenters. The Morgan fingerprint density at radius 1 is 1.03 bits per heavy atom. The molecule has 0 saturated carbocycles. The number of ether oxygens (including phenoxy) is 3. The first-order valence-corrected chi connectivity index (χ1v) is 9.50. The van der Waals surface area contributed by atoms with E-state index in [2.05, 4.69) is 26.2 Å². The van der Waals surface area contributed by atoms with Gasteiger partial charge in [-0.2, -0.15) is 4.68 Å². The summed E-state index contributed by atoms with van der Waals surface area (Å²) in [6, 6.07) is 12.0. The lowest BCUT2D eigenvalue weighted by molar-refractivity contribution is -0.113. The number of fused-ring (bicyclic) bond motifs is 1. The van der Waals surface area contributed by atoms with Crippen LogP contribution in [0.25, 0.3) is 0 Å². The zero-order chi connectivity index (χ0) is 22.0. The van der Waals surface area contributed by atoms with Crippen molar-refractivity contribution in [3.63, 3.8) is 0 Å². The summed E-state index contributed by atoms with van der Waals surface area (Å²) in [6.07, 6.45) is 0. The maximum absolute atomic E-state index is 13.5. The molecular weight excluding hydrogens is 400 g/mol. The van der Waals surface area contributed by atoms with E-state index in [0.29, 0.717) is 45.7 Å². The second-order valence-corrected chi connectivity index (χ2v) is 6.75. The fourth-order valence-corrected chi connectivity index (χ4v) is 3.66. The average Bonchev–Trinajstić information content (AvgIpc) is 3.25. The van der Waals surface area contributed by atoms with Crippen LogP contribution in [0.5, 0.6) is 17.2 Å². The van der Waals surface area contributed by atoms with Gasteiger partial charge in [-0.25, -0.2) is 0 Å². The molecule has 0 spiro atoms. The highest BCUT2D eigenvalue weighted by Crippen LogP contribution is 2.42. The number of nitrogens with zero attached hydrogens (tertiary/aromatic N) is 4. The maximum atomic E-state index is 13.5. The van der Waals surface area contributed by atoms with E-state index in [1.807, 2.05) is 24.3 Å². The van der Waals surface area contributed by atoms with E-state index in [4.69, 9.17) is 14.2 Å². The number of rotatable bonds is 6. The summed E-state index contributed by atoms with van der Waals surface area (Å²) in [7, 11) is 4.66. The summed E-state index contributed by atoms with van der Waals surface area (Å²) >= 11 is 0. The van der Waals surface area contributed by atoms with Crippen LogP contribution >= 0.6 is 0 Å². The van der Waals surface area contributed by atoms with Crippen molar-refractivity contribution in [2.75, 3.05) is 32.0 Å². The molecule has 31 heavy (non-hydrogen) atoms. The Morgan fingerprint density at radius 2 is 1.77 bits per heavy atom. The summed E-state index contributed by atoms with van der Waals surface area (Å²) in [6.45, 7) is 1.80. The largest absolute Gasteiger partial charge is 0.495 e. The number of hydrogen-bond donors (Lipinski definition) is 2. The van der Waals surface area contributed by atoms with Crippen molar-refractivity contribution in [1.29, 1.82) is 0 Å². The van der Waals surface area contributed by atoms with Crippen LogP contribution in [-0.4, -0.2) is 47.4 Å². The summed E-state index contributed by atoms with van der Waals surface area (Å²) in [5.41, 5.74) is 2.28. The number of tetrazole rings is 1. The Hall–Kier alpha value is -4.08. The third kappa shape index (κ3) is 3.52. The standard InChI is InChI=1S/C21H22N6O4/c1-12-17(20(28)23-14-9-5-6-10-15(14)29-2)18(27-21(22-12)24-25-26-27)13-8-7-11-16(30-3)19(13)31-4/h5-11,18H,1-4H3,(H,23,28)(H,22,24,26)/t18-/m0/s1. The smallest absolute Gasteiger partial charge is 0.255 e. The normalized spacial score (nSPS) is 15.0. The van der Waals surface area contributed by atoms with Gasteiger partial charge in [-0.05, 0) is 35.5 Å². The predicted octanol–water partition coefficient (Wildman–Crippen LogP) is 2.63.